The van der Waals surface area contributed by atoms with E-state index in [9.17, 15) is 9.59 Å². The summed E-state index contributed by atoms with van der Waals surface area (Å²) < 4.78 is 2.19. The molecule has 0 atom stereocenters. The number of aryl methyl sites for hydroxylation is 1. The Morgan fingerprint density at radius 1 is 1.24 bits per heavy atom. The van der Waals surface area contributed by atoms with Crippen molar-refractivity contribution >= 4 is 29.3 Å². The molecular formula is C18H24N4O2S. The van der Waals surface area contributed by atoms with Gasteiger partial charge in [0.1, 0.15) is 0 Å². The van der Waals surface area contributed by atoms with Crippen molar-refractivity contribution in [2.45, 2.75) is 45.3 Å². The lowest BCUT2D eigenvalue weighted by Gasteiger charge is -2.09. The summed E-state index contributed by atoms with van der Waals surface area (Å²) in [4.78, 5) is 27.8. The minimum absolute atomic E-state index is 0.0240. The second-order valence-corrected chi connectivity index (χ2v) is 6.79. The lowest BCUT2D eigenvalue weighted by molar-refractivity contribution is 0.102. The molecule has 1 aromatic heterocycles. The van der Waals surface area contributed by atoms with E-state index in [0.29, 0.717) is 17.0 Å². The molecule has 1 heterocycles. The maximum atomic E-state index is 12.4. The number of Topliss-reactive ketones (excluding diaryl/α,β-unsaturated/α-hetero) is 1. The molecule has 2 amide bonds. The summed E-state index contributed by atoms with van der Waals surface area (Å²) in [5.74, 6) is 0.348. The van der Waals surface area contributed by atoms with E-state index >= 15 is 0 Å². The molecule has 0 spiro atoms. The fourth-order valence-electron chi connectivity index (χ4n) is 2.41. The molecule has 7 heteroatoms. The smallest absolute Gasteiger partial charge is 0.316 e. The molecule has 3 N–H and O–H groups in total. The van der Waals surface area contributed by atoms with Crippen molar-refractivity contribution in [2.24, 2.45) is 5.73 Å². The third kappa shape index (κ3) is 5.09. The highest BCUT2D eigenvalue weighted by Gasteiger charge is 2.14. The summed E-state index contributed by atoms with van der Waals surface area (Å²) in [6, 6.07) is 6.08. The summed E-state index contributed by atoms with van der Waals surface area (Å²) in [5, 5.41) is 3.37. The van der Waals surface area contributed by atoms with Crippen LogP contribution in [0, 0.1) is 13.8 Å². The molecule has 1 aromatic carbocycles. The Morgan fingerprint density at radius 2 is 1.92 bits per heavy atom. The fourth-order valence-corrected chi connectivity index (χ4v) is 3.42. The molecule has 25 heavy (non-hydrogen) atoms. The van der Waals surface area contributed by atoms with Gasteiger partial charge >= 0.3 is 6.03 Å². The van der Waals surface area contributed by atoms with Gasteiger partial charge in [-0.25, -0.2) is 9.78 Å². The largest absolute Gasteiger partial charge is 0.351 e. The Balaban J connectivity index is 2.02. The number of hydrogen-bond donors (Lipinski definition) is 2. The lowest BCUT2D eigenvalue weighted by Crippen LogP contribution is -2.19. The number of nitrogens with two attached hydrogens (primary N) is 1. The third-order valence-electron chi connectivity index (χ3n) is 3.96. The van der Waals surface area contributed by atoms with Gasteiger partial charge in [0.05, 0.1) is 11.4 Å². The molecule has 0 radical (unpaired) electrons. The maximum absolute atomic E-state index is 12.4. The van der Waals surface area contributed by atoms with Crippen LogP contribution >= 0.6 is 11.8 Å². The van der Waals surface area contributed by atoms with Crippen LogP contribution < -0.4 is 11.1 Å². The van der Waals surface area contributed by atoms with Crippen LogP contribution in [0.25, 0.3) is 0 Å². The van der Waals surface area contributed by atoms with Crippen LogP contribution in [0.3, 0.4) is 0 Å². The first-order valence-corrected chi connectivity index (χ1v) is 9.27. The molecular weight excluding hydrogens is 336 g/mol. The van der Waals surface area contributed by atoms with Crippen LogP contribution in [-0.4, -0.2) is 27.1 Å². The van der Waals surface area contributed by atoms with Gasteiger partial charge < -0.3 is 15.6 Å². The summed E-state index contributed by atoms with van der Waals surface area (Å²) in [5.41, 5.74) is 8.40. The van der Waals surface area contributed by atoms with E-state index in [1.807, 2.05) is 6.92 Å². The van der Waals surface area contributed by atoms with Gasteiger partial charge in [-0.15, -0.1) is 0 Å². The number of carbonyl (C=O) groups excluding carboxylic acids is 2. The van der Waals surface area contributed by atoms with Crippen molar-refractivity contribution in [3.63, 3.8) is 0 Å². The molecule has 2 rings (SSSR count). The van der Waals surface area contributed by atoms with E-state index in [-0.39, 0.29) is 5.78 Å². The first-order valence-electron chi connectivity index (χ1n) is 8.28. The zero-order valence-corrected chi connectivity index (χ0v) is 15.7. The number of anilines is 1. The summed E-state index contributed by atoms with van der Waals surface area (Å²) in [6.07, 6.45) is 2.21. The highest BCUT2D eigenvalue weighted by atomic mass is 32.2. The van der Waals surface area contributed by atoms with Crippen molar-refractivity contribution in [1.29, 1.82) is 0 Å². The molecule has 2 aromatic rings. The van der Waals surface area contributed by atoms with Gasteiger partial charge in [-0.1, -0.05) is 25.1 Å². The molecule has 0 aliphatic carbocycles. The molecule has 134 valence electrons. The number of imidazole rings is 1. The molecule has 0 aliphatic heterocycles. The SMILES string of the molecule is CCCCn1c(SCC(=O)c2ccc(NC(N)=O)cc2)nc(C)c1C. The van der Waals surface area contributed by atoms with Gasteiger partial charge in [0.15, 0.2) is 10.9 Å². The molecule has 0 saturated heterocycles. The van der Waals surface area contributed by atoms with Gasteiger partial charge in [-0.2, -0.15) is 0 Å². The number of ketones is 1. The highest BCUT2D eigenvalue weighted by Crippen LogP contribution is 2.23. The number of carbonyl (C=O) groups is 2. The van der Waals surface area contributed by atoms with E-state index in [1.54, 1.807) is 24.3 Å². The number of unbranched alkanes of at least 4 members (excludes halogenated alkanes) is 1. The van der Waals surface area contributed by atoms with Crippen LogP contribution in [0.1, 0.15) is 41.5 Å². The normalized spacial score (nSPS) is 10.7. The number of hydrogen-bond acceptors (Lipinski definition) is 4. The number of nitrogens with zero attached hydrogens (tertiary/aromatic N) is 2. The minimum atomic E-state index is -0.626. The van der Waals surface area contributed by atoms with Crippen LogP contribution in [0.4, 0.5) is 10.5 Å². The minimum Gasteiger partial charge on any atom is -0.351 e. The Kier molecular flexibility index (Phi) is 6.64. The van der Waals surface area contributed by atoms with Crippen molar-refractivity contribution in [2.75, 3.05) is 11.1 Å². The summed E-state index contributed by atoms with van der Waals surface area (Å²) in [6.45, 7) is 7.14. The van der Waals surface area contributed by atoms with E-state index in [0.717, 1.165) is 35.9 Å². The van der Waals surface area contributed by atoms with E-state index in [2.05, 4.69) is 28.7 Å². The van der Waals surface area contributed by atoms with E-state index in [4.69, 9.17) is 5.73 Å². The quantitative estimate of drug-likeness (QED) is 0.554. The van der Waals surface area contributed by atoms with E-state index < -0.39 is 6.03 Å². The third-order valence-corrected chi connectivity index (χ3v) is 4.94. The van der Waals surface area contributed by atoms with Crippen molar-refractivity contribution in [3.05, 3.63) is 41.2 Å². The van der Waals surface area contributed by atoms with E-state index in [1.165, 1.54) is 11.8 Å². The lowest BCUT2D eigenvalue weighted by atomic mass is 10.1. The van der Waals surface area contributed by atoms with Gasteiger partial charge in [0, 0.05) is 23.5 Å². The predicted molar refractivity (Wildman–Crippen MR) is 101 cm³/mol. The first kappa shape index (κ1) is 19.1. The predicted octanol–water partition coefficient (Wildman–Crippen LogP) is 3.77. The van der Waals surface area contributed by atoms with Crippen molar-refractivity contribution in [3.8, 4) is 0 Å². The van der Waals surface area contributed by atoms with Gasteiger partial charge in [-0.05, 0) is 44.5 Å². The monoisotopic (exact) mass is 360 g/mol. The zero-order valence-electron chi connectivity index (χ0n) is 14.8. The van der Waals surface area contributed by atoms with Gasteiger partial charge in [0.25, 0.3) is 0 Å². The van der Waals surface area contributed by atoms with Crippen LogP contribution in [0.2, 0.25) is 0 Å². The zero-order chi connectivity index (χ0) is 18.4. The molecule has 0 fully saturated rings. The number of amides is 2. The van der Waals surface area contributed by atoms with Gasteiger partial charge in [-0.3, -0.25) is 4.79 Å². The molecule has 0 saturated carbocycles. The van der Waals surface area contributed by atoms with Crippen LogP contribution in [-0.2, 0) is 6.54 Å². The summed E-state index contributed by atoms with van der Waals surface area (Å²) >= 11 is 1.46. The number of benzene rings is 1. The molecule has 0 unspecified atom stereocenters. The Hall–Kier alpha value is -2.28. The average Bonchev–Trinajstić information content (AvgIpc) is 2.85. The van der Waals surface area contributed by atoms with Crippen LogP contribution in [0.15, 0.2) is 29.4 Å². The summed E-state index contributed by atoms with van der Waals surface area (Å²) in [7, 11) is 0. The number of nitrogens with one attached hydrogen (secondary N) is 1. The topological polar surface area (TPSA) is 90.0 Å². The second kappa shape index (κ2) is 8.71. The standard InChI is InChI=1S/C18H24N4O2S/c1-4-5-10-22-13(3)12(2)20-18(22)25-11-16(23)14-6-8-15(9-7-14)21-17(19)24/h6-9H,4-5,10-11H2,1-3H3,(H3,19,21,24). The van der Waals surface area contributed by atoms with Gasteiger partial charge in [0.2, 0.25) is 0 Å². The number of rotatable bonds is 8. The maximum Gasteiger partial charge on any atom is 0.316 e. The molecule has 0 bridgehead atoms. The Bertz CT molecular complexity index is 753. The van der Waals surface area contributed by atoms with Crippen LogP contribution in [0.5, 0.6) is 0 Å². The Morgan fingerprint density at radius 3 is 2.52 bits per heavy atom. The number of aromatic nitrogens is 2. The fraction of sp³-hybridized carbons (Fsp3) is 0.389. The molecule has 0 aliphatic rings. The van der Waals surface area contributed by atoms with Crippen molar-refractivity contribution in [1.82, 2.24) is 9.55 Å². The average molecular weight is 360 g/mol. The molecule has 6 nitrogen and oxygen atoms in total. The highest BCUT2D eigenvalue weighted by molar-refractivity contribution is 7.99. The second-order valence-electron chi connectivity index (χ2n) is 5.85. The first-order chi connectivity index (χ1) is 11.9. The Labute approximate surface area is 152 Å². The van der Waals surface area contributed by atoms with Crippen molar-refractivity contribution < 1.29 is 9.59 Å². The number of primary amides is 1. The number of urea groups is 1. The number of thioether (sulfide) groups is 1.